The van der Waals surface area contributed by atoms with Gasteiger partial charge >= 0.3 is 12.1 Å². The van der Waals surface area contributed by atoms with Crippen molar-refractivity contribution < 1.29 is 32.7 Å². The molecule has 188 valence electrons. The second kappa shape index (κ2) is 8.08. The van der Waals surface area contributed by atoms with Crippen molar-refractivity contribution in [2.75, 3.05) is 26.2 Å². The highest BCUT2D eigenvalue weighted by Crippen LogP contribution is 2.60. The summed E-state index contributed by atoms with van der Waals surface area (Å²) >= 11 is 0. The van der Waals surface area contributed by atoms with E-state index in [2.05, 4.69) is 5.10 Å². The lowest BCUT2D eigenvalue weighted by Gasteiger charge is -2.50. The Morgan fingerprint density at radius 1 is 1.11 bits per heavy atom. The van der Waals surface area contributed by atoms with E-state index in [0.29, 0.717) is 12.1 Å². The van der Waals surface area contributed by atoms with Gasteiger partial charge in [-0.05, 0) is 30.5 Å². The molecule has 0 radical (unpaired) electrons. The summed E-state index contributed by atoms with van der Waals surface area (Å²) in [6, 6.07) is 8.93. The number of aromatic nitrogens is 2. The van der Waals surface area contributed by atoms with Gasteiger partial charge in [0.2, 0.25) is 5.91 Å². The number of halogens is 3. The van der Waals surface area contributed by atoms with Crippen LogP contribution in [0.15, 0.2) is 36.7 Å². The Kier molecular flexibility index (Phi) is 5.35. The molecule has 2 aliphatic heterocycles. The first-order valence-electron chi connectivity index (χ1n) is 11.4. The van der Waals surface area contributed by atoms with Gasteiger partial charge in [0.25, 0.3) is 5.91 Å². The fraction of sp³-hybridized carbons (Fsp3) is 0.458. The summed E-state index contributed by atoms with van der Waals surface area (Å²) in [5.74, 6) is -3.56. The maximum Gasteiger partial charge on any atom is 0.403 e. The second-order valence-corrected chi connectivity index (χ2v) is 9.92. The number of aliphatic carboxylic acids is 1. The molecule has 3 fully saturated rings. The van der Waals surface area contributed by atoms with Crippen LogP contribution in [0.1, 0.15) is 34.3 Å². The van der Waals surface area contributed by atoms with E-state index in [4.69, 9.17) is 5.26 Å². The van der Waals surface area contributed by atoms with Gasteiger partial charge in [-0.3, -0.25) is 19.1 Å². The summed E-state index contributed by atoms with van der Waals surface area (Å²) in [4.78, 5) is 40.1. The molecule has 1 spiro atoms. The van der Waals surface area contributed by atoms with E-state index in [1.165, 1.54) is 17.3 Å². The molecule has 1 atom stereocenters. The van der Waals surface area contributed by atoms with Gasteiger partial charge in [-0.2, -0.15) is 23.5 Å². The maximum atomic E-state index is 13.4. The maximum absolute atomic E-state index is 13.4. The average molecular weight is 501 g/mol. The smallest absolute Gasteiger partial charge is 0.403 e. The van der Waals surface area contributed by atoms with Crippen molar-refractivity contribution in [1.82, 2.24) is 19.6 Å². The minimum atomic E-state index is -4.63. The highest BCUT2D eigenvalue weighted by atomic mass is 19.4. The van der Waals surface area contributed by atoms with Crippen LogP contribution in [0, 0.1) is 28.1 Å². The number of nitriles is 1. The first kappa shape index (κ1) is 23.8. The molecule has 1 aromatic carbocycles. The first-order valence-corrected chi connectivity index (χ1v) is 11.4. The zero-order chi connectivity index (χ0) is 25.9. The van der Waals surface area contributed by atoms with E-state index < -0.39 is 40.7 Å². The summed E-state index contributed by atoms with van der Waals surface area (Å²) in [5, 5.41) is 22.8. The molecule has 5 rings (SSSR count). The largest absolute Gasteiger partial charge is 0.481 e. The Morgan fingerprint density at radius 2 is 1.75 bits per heavy atom. The highest BCUT2D eigenvalue weighted by molar-refractivity contribution is 5.95. The minimum Gasteiger partial charge on any atom is -0.481 e. The van der Waals surface area contributed by atoms with Gasteiger partial charge in [0.1, 0.15) is 5.41 Å². The van der Waals surface area contributed by atoms with Gasteiger partial charge in [-0.1, -0.05) is 12.1 Å². The van der Waals surface area contributed by atoms with Crippen molar-refractivity contribution in [2.45, 2.75) is 25.6 Å². The number of rotatable bonds is 5. The van der Waals surface area contributed by atoms with Crippen LogP contribution in [0.3, 0.4) is 0 Å². The number of carboxylic acid groups (broad SMARTS) is 1. The van der Waals surface area contributed by atoms with Crippen LogP contribution in [0.5, 0.6) is 0 Å². The molecular weight excluding hydrogens is 479 g/mol. The number of hydrogen-bond donors (Lipinski definition) is 1. The third-order valence-electron chi connectivity index (χ3n) is 7.54. The van der Waals surface area contributed by atoms with Crippen molar-refractivity contribution in [2.24, 2.45) is 16.7 Å². The van der Waals surface area contributed by atoms with Crippen LogP contribution in [0.25, 0.3) is 0 Å². The first-order chi connectivity index (χ1) is 17.0. The van der Waals surface area contributed by atoms with Crippen LogP contribution >= 0.6 is 0 Å². The number of nitrogens with zero attached hydrogens (tertiary/aromatic N) is 5. The molecule has 1 N–H and O–H groups in total. The average Bonchev–Trinajstić information content (AvgIpc) is 3.35. The molecule has 1 aromatic heterocycles. The molecule has 9 nitrogen and oxygen atoms in total. The summed E-state index contributed by atoms with van der Waals surface area (Å²) in [7, 11) is 0. The Balaban J connectivity index is 1.26. The molecule has 3 aliphatic rings. The van der Waals surface area contributed by atoms with Crippen molar-refractivity contribution >= 4 is 17.8 Å². The molecule has 1 saturated carbocycles. The molecule has 0 bridgehead atoms. The van der Waals surface area contributed by atoms with E-state index in [9.17, 15) is 32.7 Å². The quantitative estimate of drug-likeness (QED) is 0.671. The van der Waals surface area contributed by atoms with Crippen LogP contribution in [-0.2, 0) is 16.1 Å². The van der Waals surface area contributed by atoms with Crippen LogP contribution in [0.2, 0.25) is 0 Å². The van der Waals surface area contributed by atoms with Gasteiger partial charge in [0.15, 0.2) is 0 Å². The topological polar surface area (TPSA) is 120 Å². The van der Waals surface area contributed by atoms with Gasteiger partial charge in [-0.15, -0.1) is 0 Å². The zero-order valence-electron chi connectivity index (χ0n) is 19.0. The Morgan fingerprint density at radius 3 is 2.31 bits per heavy atom. The normalized spacial score (nSPS) is 21.7. The summed E-state index contributed by atoms with van der Waals surface area (Å²) in [6.07, 6.45) is -2.22. The van der Waals surface area contributed by atoms with Gasteiger partial charge in [-0.25, -0.2) is 0 Å². The van der Waals surface area contributed by atoms with E-state index in [1.54, 1.807) is 28.9 Å². The number of carbonyl (C=O) groups excluding carboxylic acids is 2. The molecule has 36 heavy (non-hydrogen) atoms. The van der Waals surface area contributed by atoms with Crippen LogP contribution in [-0.4, -0.2) is 74.8 Å². The monoisotopic (exact) mass is 501 g/mol. The number of likely N-dealkylation sites (tertiary alicyclic amines) is 2. The number of benzene rings is 1. The fourth-order valence-corrected chi connectivity index (χ4v) is 5.30. The van der Waals surface area contributed by atoms with Crippen LogP contribution < -0.4 is 0 Å². The third kappa shape index (κ3) is 3.79. The van der Waals surface area contributed by atoms with Crippen molar-refractivity contribution in [3.8, 4) is 6.07 Å². The molecule has 12 heteroatoms. The Bertz CT molecular complexity index is 1270. The molecule has 2 saturated heterocycles. The summed E-state index contributed by atoms with van der Waals surface area (Å²) < 4.78 is 41.6. The summed E-state index contributed by atoms with van der Waals surface area (Å²) in [5.41, 5.74) is -1.67. The molecule has 1 unspecified atom stereocenters. The SMILES string of the molecule is N#Cc1ccc(Cn2cc(C(=O)N3CC(C(=O)O)C4(C3)CN(C(=O)C3(C(F)(F)F)CC3)C4)cn2)cc1. The van der Waals surface area contributed by atoms with E-state index in [-0.39, 0.29) is 44.6 Å². The lowest BCUT2D eigenvalue weighted by atomic mass is 9.71. The predicted molar refractivity (Wildman–Crippen MR) is 116 cm³/mol. The van der Waals surface area contributed by atoms with Gasteiger partial charge in [0, 0.05) is 37.8 Å². The van der Waals surface area contributed by atoms with E-state index in [1.807, 2.05) is 6.07 Å². The molecular formula is C24H22F3N5O4. The van der Waals surface area contributed by atoms with Gasteiger partial charge in [0.05, 0.1) is 35.9 Å². The zero-order valence-corrected chi connectivity index (χ0v) is 19.0. The highest BCUT2D eigenvalue weighted by Gasteiger charge is 2.71. The number of hydrogen-bond acceptors (Lipinski definition) is 5. The molecule has 3 heterocycles. The summed E-state index contributed by atoms with van der Waals surface area (Å²) in [6.45, 7) is 0.0528. The Labute approximate surface area is 203 Å². The third-order valence-corrected chi connectivity index (χ3v) is 7.54. The number of amides is 2. The number of alkyl halides is 3. The van der Waals surface area contributed by atoms with Crippen molar-refractivity contribution in [3.63, 3.8) is 0 Å². The molecule has 2 aromatic rings. The lowest BCUT2D eigenvalue weighted by Crippen LogP contribution is -2.65. The van der Waals surface area contributed by atoms with Crippen molar-refractivity contribution in [3.05, 3.63) is 53.3 Å². The van der Waals surface area contributed by atoms with Crippen LogP contribution in [0.4, 0.5) is 13.2 Å². The van der Waals surface area contributed by atoms with E-state index in [0.717, 1.165) is 10.5 Å². The number of carbonyl (C=O) groups is 3. The predicted octanol–water partition coefficient (Wildman–Crippen LogP) is 2.13. The van der Waals surface area contributed by atoms with E-state index >= 15 is 0 Å². The second-order valence-electron chi connectivity index (χ2n) is 9.92. The lowest BCUT2D eigenvalue weighted by molar-refractivity contribution is -0.206. The minimum absolute atomic E-state index is 0.0341. The molecule has 1 aliphatic carbocycles. The van der Waals surface area contributed by atoms with Crippen molar-refractivity contribution in [1.29, 1.82) is 5.26 Å². The Hall–Kier alpha value is -3.88. The number of carboxylic acids is 1. The fourth-order valence-electron chi connectivity index (χ4n) is 5.30. The molecule has 2 amide bonds. The van der Waals surface area contributed by atoms with Gasteiger partial charge < -0.3 is 14.9 Å². The standard InChI is InChI=1S/C24H22F3N5O4/c25-24(26,27)23(5-6-23)21(36)31-13-22(14-31)12-30(11-18(22)20(34)35)19(33)17-8-29-32(10-17)9-16-3-1-15(7-28)2-4-16/h1-4,8,10,18H,5-6,9,11-14H2,(H,34,35).